The van der Waals surface area contributed by atoms with Crippen LogP contribution in [0.1, 0.15) is 5.56 Å². The van der Waals surface area contributed by atoms with Crippen molar-refractivity contribution in [3.8, 4) is 5.75 Å². The van der Waals surface area contributed by atoms with Crippen LogP contribution in [0.4, 0.5) is 10.1 Å². The molecule has 21 heavy (non-hydrogen) atoms. The lowest BCUT2D eigenvalue weighted by atomic mass is 10.2. The fourth-order valence-electron chi connectivity index (χ4n) is 1.77. The molecular formula is C16H17FN2O2. The normalized spacial score (nSPS) is 10.2. The summed E-state index contributed by atoms with van der Waals surface area (Å²) >= 11 is 0. The smallest absolute Gasteiger partial charge is 0.264 e. The molecule has 0 saturated carbocycles. The summed E-state index contributed by atoms with van der Waals surface area (Å²) in [6, 6.07) is 13.0. The molecule has 0 aliphatic heterocycles. The van der Waals surface area contributed by atoms with Crippen LogP contribution in [-0.4, -0.2) is 19.6 Å². The lowest BCUT2D eigenvalue weighted by molar-refractivity contribution is -0.120. The third-order valence-electron chi connectivity index (χ3n) is 3.11. The van der Waals surface area contributed by atoms with E-state index < -0.39 is 0 Å². The van der Waals surface area contributed by atoms with Gasteiger partial charge in [0.25, 0.3) is 5.91 Å². The number of hydrogen-bond acceptors (Lipinski definition) is 3. The van der Waals surface area contributed by atoms with Gasteiger partial charge in [0, 0.05) is 19.3 Å². The maximum absolute atomic E-state index is 12.8. The van der Waals surface area contributed by atoms with Crippen LogP contribution in [0.2, 0.25) is 0 Å². The molecule has 0 aromatic heterocycles. The predicted octanol–water partition coefficient (Wildman–Crippen LogP) is 2.33. The Morgan fingerprint density at radius 3 is 2.33 bits per heavy atom. The summed E-state index contributed by atoms with van der Waals surface area (Å²) in [5.74, 6) is 0.0495. The third-order valence-corrected chi connectivity index (χ3v) is 3.11. The molecule has 0 atom stereocenters. The summed E-state index contributed by atoms with van der Waals surface area (Å²) in [6.45, 7) is 0.377. The quantitative estimate of drug-likeness (QED) is 0.918. The highest BCUT2D eigenvalue weighted by molar-refractivity contribution is 5.93. The van der Waals surface area contributed by atoms with Gasteiger partial charge in [-0.1, -0.05) is 12.1 Å². The number of ether oxygens (including phenoxy) is 1. The molecule has 0 heterocycles. The van der Waals surface area contributed by atoms with E-state index in [-0.39, 0.29) is 18.3 Å². The second-order valence-corrected chi connectivity index (χ2v) is 4.57. The summed E-state index contributed by atoms with van der Waals surface area (Å²) in [5, 5.41) is 0. The Balaban J connectivity index is 1.92. The number of carbonyl (C=O) groups is 1. The number of anilines is 1. The second kappa shape index (κ2) is 6.85. The van der Waals surface area contributed by atoms with E-state index in [1.807, 2.05) is 12.1 Å². The largest absolute Gasteiger partial charge is 0.484 e. The average Bonchev–Trinajstić information content (AvgIpc) is 2.53. The fourth-order valence-corrected chi connectivity index (χ4v) is 1.77. The molecule has 2 rings (SSSR count). The van der Waals surface area contributed by atoms with Crippen LogP contribution in [-0.2, 0) is 11.3 Å². The Morgan fingerprint density at radius 1 is 1.14 bits per heavy atom. The molecule has 0 unspecified atom stereocenters. The number of likely N-dealkylation sites (N-methyl/N-ethyl adjacent to an activating group) is 1. The maximum atomic E-state index is 12.8. The van der Waals surface area contributed by atoms with E-state index in [2.05, 4.69) is 0 Å². The number of rotatable bonds is 5. The van der Waals surface area contributed by atoms with Gasteiger partial charge < -0.3 is 15.4 Å². The van der Waals surface area contributed by atoms with E-state index in [0.29, 0.717) is 18.0 Å². The summed E-state index contributed by atoms with van der Waals surface area (Å²) < 4.78 is 18.3. The van der Waals surface area contributed by atoms with Crippen molar-refractivity contribution in [1.82, 2.24) is 0 Å². The van der Waals surface area contributed by atoms with E-state index in [4.69, 9.17) is 10.5 Å². The highest BCUT2D eigenvalue weighted by Crippen LogP contribution is 2.15. The summed E-state index contributed by atoms with van der Waals surface area (Å²) in [7, 11) is 1.62. The van der Waals surface area contributed by atoms with Crippen molar-refractivity contribution in [2.45, 2.75) is 6.54 Å². The number of nitrogens with zero attached hydrogens (tertiary/aromatic N) is 1. The minimum Gasteiger partial charge on any atom is -0.484 e. The number of benzene rings is 2. The van der Waals surface area contributed by atoms with E-state index in [0.717, 1.165) is 5.56 Å². The van der Waals surface area contributed by atoms with Gasteiger partial charge in [0.2, 0.25) is 0 Å². The zero-order chi connectivity index (χ0) is 15.2. The Kier molecular flexibility index (Phi) is 4.90. The van der Waals surface area contributed by atoms with Crippen molar-refractivity contribution in [2.75, 3.05) is 18.6 Å². The Bertz CT molecular complexity index is 597. The molecule has 0 bridgehead atoms. The van der Waals surface area contributed by atoms with Gasteiger partial charge >= 0.3 is 0 Å². The SMILES string of the molecule is CN(C(=O)COc1ccc(CN)cc1)c1ccc(F)cc1. The fraction of sp³-hybridized carbons (Fsp3) is 0.188. The first-order valence-electron chi connectivity index (χ1n) is 6.54. The number of halogens is 1. The van der Waals surface area contributed by atoms with E-state index in [9.17, 15) is 9.18 Å². The Labute approximate surface area is 122 Å². The standard InChI is InChI=1S/C16H17FN2O2/c1-19(14-6-4-13(17)5-7-14)16(20)11-21-15-8-2-12(10-18)3-9-15/h2-9H,10-11,18H2,1H3. The molecule has 0 radical (unpaired) electrons. The van der Waals surface area contributed by atoms with E-state index in [1.165, 1.54) is 17.0 Å². The monoisotopic (exact) mass is 288 g/mol. The zero-order valence-electron chi connectivity index (χ0n) is 11.8. The molecule has 0 saturated heterocycles. The van der Waals surface area contributed by atoms with Gasteiger partial charge in [-0.3, -0.25) is 4.79 Å². The third kappa shape index (κ3) is 4.03. The molecular weight excluding hydrogens is 271 g/mol. The van der Waals surface area contributed by atoms with Crippen molar-refractivity contribution in [2.24, 2.45) is 5.73 Å². The molecule has 4 nitrogen and oxygen atoms in total. The minimum absolute atomic E-state index is 0.0875. The number of amides is 1. The van der Waals surface area contributed by atoms with Crippen LogP contribution in [0.5, 0.6) is 5.75 Å². The maximum Gasteiger partial charge on any atom is 0.264 e. The number of carbonyl (C=O) groups excluding carboxylic acids is 1. The summed E-state index contributed by atoms with van der Waals surface area (Å²) in [4.78, 5) is 13.4. The average molecular weight is 288 g/mol. The molecule has 1 amide bonds. The topological polar surface area (TPSA) is 55.6 Å². The van der Waals surface area contributed by atoms with Crippen LogP contribution in [0.25, 0.3) is 0 Å². The van der Waals surface area contributed by atoms with Crippen molar-refractivity contribution in [3.63, 3.8) is 0 Å². The van der Waals surface area contributed by atoms with Gasteiger partial charge in [0.1, 0.15) is 11.6 Å². The Morgan fingerprint density at radius 2 is 1.76 bits per heavy atom. The molecule has 0 aliphatic carbocycles. The molecule has 2 aromatic rings. The first-order chi connectivity index (χ1) is 10.1. The van der Waals surface area contributed by atoms with Gasteiger partial charge in [-0.15, -0.1) is 0 Å². The molecule has 2 N–H and O–H groups in total. The van der Waals surface area contributed by atoms with E-state index >= 15 is 0 Å². The van der Waals surface area contributed by atoms with Gasteiger partial charge in [-0.05, 0) is 42.0 Å². The van der Waals surface area contributed by atoms with Crippen molar-refractivity contribution >= 4 is 11.6 Å². The van der Waals surface area contributed by atoms with Crippen LogP contribution in [0.15, 0.2) is 48.5 Å². The van der Waals surface area contributed by atoms with Crippen molar-refractivity contribution in [1.29, 1.82) is 0 Å². The molecule has 5 heteroatoms. The van der Waals surface area contributed by atoms with Gasteiger partial charge in [0.15, 0.2) is 6.61 Å². The van der Waals surface area contributed by atoms with Crippen molar-refractivity contribution in [3.05, 3.63) is 59.9 Å². The van der Waals surface area contributed by atoms with Crippen molar-refractivity contribution < 1.29 is 13.9 Å². The zero-order valence-corrected chi connectivity index (χ0v) is 11.8. The number of nitrogens with two attached hydrogens (primary N) is 1. The van der Waals surface area contributed by atoms with Crippen LogP contribution in [0, 0.1) is 5.82 Å². The molecule has 0 aliphatic rings. The molecule has 110 valence electrons. The summed E-state index contributed by atoms with van der Waals surface area (Å²) in [5.41, 5.74) is 7.12. The first-order valence-corrected chi connectivity index (χ1v) is 6.54. The van der Waals surface area contributed by atoms with Gasteiger partial charge in [-0.25, -0.2) is 4.39 Å². The predicted molar refractivity (Wildman–Crippen MR) is 79.6 cm³/mol. The molecule has 2 aromatic carbocycles. The highest BCUT2D eigenvalue weighted by Gasteiger charge is 2.11. The lowest BCUT2D eigenvalue weighted by Gasteiger charge is -2.17. The highest BCUT2D eigenvalue weighted by atomic mass is 19.1. The Hall–Kier alpha value is -2.40. The lowest BCUT2D eigenvalue weighted by Crippen LogP contribution is -2.31. The van der Waals surface area contributed by atoms with Gasteiger partial charge in [-0.2, -0.15) is 0 Å². The van der Waals surface area contributed by atoms with E-state index in [1.54, 1.807) is 31.3 Å². The van der Waals surface area contributed by atoms with Crippen LogP contribution < -0.4 is 15.4 Å². The number of hydrogen-bond donors (Lipinski definition) is 1. The van der Waals surface area contributed by atoms with Crippen LogP contribution >= 0.6 is 0 Å². The second-order valence-electron chi connectivity index (χ2n) is 4.57. The summed E-state index contributed by atoms with van der Waals surface area (Å²) in [6.07, 6.45) is 0. The van der Waals surface area contributed by atoms with Gasteiger partial charge in [0.05, 0.1) is 0 Å². The minimum atomic E-state index is -0.337. The molecule has 0 fully saturated rings. The molecule has 0 spiro atoms. The first kappa shape index (κ1) is 15.0. The van der Waals surface area contributed by atoms with Crippen LogP contribution in [0.3, 0.4) is 0 Å².